The molecule has 0 saturated carbocycles. The second kappa shape index (κ2) is 10.8. The van der Waals surface area contributed by atoms with Crippen molar-refractivity contribution < 1.29 is 9.59 Å². The fraction of sp³-hybridized carbons (Fsp3) is 0.200. The van der Waals surface area contributed by atoms with Crippen LogP contribution in [-0.2, 0) is 9.59 Å². The molecule has 0 aliphatic carbocycles. The number of hydrogen-bond donors (Lipinski definition) is 0. The lowest BCUT2D eigenvalue weighted by Crippen LogP contribution is -1.74. The van der Waals surface area contributed by atoms with E-state index >= 15 is 0 Å². The second-order valence-corrected chi connectivity index (χ2v) is 2.50. The highest BCUT2D eigenvalue weighted by molar-refractivity contribution is 6.62. The molecule has 0 unspecified atom stereocenters. The maximum Gasteiger partial charge on any atom is 0.218 e. The Morgan fingerprint density at radius 1 is 1.46 bits per heavy atom. The lowest BCUT2D eigenvalue weighted by molar-refractivity contribution is -0.109. The molecule has 0 radical (unpaired) electrons. The molecule has 0 heterocycles. The Morgan fingerprint density at radius 2 is 1.92 bits per heavy atom. The van der Waals surface area contributed by atoms with Gasteiger partial charge in [-0.15, -0.1) is 0 Å². The Balaban J connectivity index is 0. The van der Waals surface area contributed by atoms with Crippen LogP contribution >= 0.6 is 11.6 Å². The largest absolute Gasteiger partial charge is 0.298 e. The summed E-state index contributed by atoms with van der Waals surface area (Å²) in [5.41, 5.74) is 0.676. The molecule has 0 atom stereocenters. The van der Waals surface area contributed by atoms with E-state index in [-0.39, 0.29) is 5.24 Å². The monoisotopic (exact) mass is 200 g/mol. The summed E-state index contributed by atoms with van der Waals surface area (Å²) in [6.45, 7) is 6.58. The van der Waals surface area contributed by atoms with Gasteiger partial charge in [0, 0.05) is 12.5 Å². The highest BCUT2D eigenvalue weighted by Gasteiger charge is 1.80. The van der Waals surface area contributed by atoms with E-state index in [0.717, 1.165) is 6.29 Å². The van der Waals surface area contributed by atoms with Crippen molar-refractivity contribution in [2.24, 2.45) is 0 Å². The van der Waals surface area contributed by atoms with Crippen molar-refractivity contribution in [2.45, 2.75) is 13.8 Å². The van der Waals surface area contributed by atoms with Crippen LogP contribution in [0.1, 0.15) is 13.8 Å². The van der Waals surface area contributed by atoms with Gasteiger partial charge in [-0.25, -0.2) is 0 Å². The van der Waals surface area contributed by atoms with Gasteiger partial charge in [-0.2, -0.15) is 0 Å². The fourth-order valence-corrected chi connectivity index (χ4v) is 0.383. The summed E-state index contributed by atoms with van der Waals surface area (Å²) in [5, 5.41) is -0.361. The van der Waals surface area contributed by atoms with Crippen LogP contribution in [0.3, 0.4) is 0 Å². The number of aldehydes is 1. The van der Waals surface area contributed by atoms with E-state index in [4.69, 9.17) is 0 Å². The van der Waals surface area contributed by atoms with E-state index in [2.05, 4.69) is 18.2 Å². The molecule has 13 heavy (non-hydrogen) atoms. The molecule has 0 aliphatic rings. The minimum absolute atomic E-state index is 0.361. The Hall–Kier alpha value is -1.15. The van der Waals surface area contributed by atoms with Gasteiger partial charge in [0.25, 0.3) is 0 Å². The summed E-state index contributed by atoms with van der Waals surface area (Å²) in [6, 6.07) is 0. The third kappa shape index (κ3) is 18.1. The first-order valence-electron chi connectivity index (χ1n) is 3.65. The summed E-state index contributed by atoms with van der Waals surface area (Å²) < 4.78 is 0. The molecule has 0 aromatic carbocycles. The fourth-order valence-electron chi connectivity index (χ4n) is 0.383. The third-order valence-electron chi connectivity index (χ3n) is 0.894. The van der Waals surface area contributed by atoms with E-state index in [0.29, 0.717) is 5.57 Å². The van der Waals surface area contributed by atoms with Gasteiger partial charge in [-0.1, -0.05) is 30.9 Å². The summed E-state index contributed by atoms with van der Waals surface area (Å²) in [4.78, 5) is 19.3. The molecule has 0 bridgehead atoms. The van der Waals surface area contributed by atoms with Crippen molar-refractivity contribution in [1.82, 2.24) is 0 Å². The molecular weight excluding hydrogens is 188 g/mol. The summed E-state index contributed by atoms with van der Waals surface area (Å²) in [6.07, 6.45) is 7.61. The van der Waals surface area contributed by atoms with Gasteiger partial charge >= 0.3 is 0 Å². The van der Waals surface area contributed by atoms with Crippen molar-refractivity contribution >= 4 is 23.1 Å². The van der Waals surface area contributed by atoms with E-state index < -0.39 is 0 Å². The van der Waals surface area contributed by atoms with Gasteiger partial charge in [0.15, 0.2) is 0 Å². The molecule has 3 heteroatoms. The zero-order valence-electron chi connectivity index (χ0n) is 7.79. The van der Waals surface area contributed by atoms with Crippen molar-refractivity contribution in [3.63, 3.8) is 0 Å². The first-order valence-corrected chi connectivity index (χ1v) is 4.03. The zero-order valence-corrected chi connectivity index (χ0v) is 8.54. The summed E-state index contributed by atoms with van der Waals surface area (Å²) >= 11 is 4.64. The standard InChI is InChI=1S/C8H10O.C2H3ClO/c1-3-5-6-8(4-2)7-9;1-2(3)4/h3-7H,1H2,2H3;1H3/b6-5-,8-4+;. The number of allylic oxidation sites excluding steroid dienone is 5. The van der Waals surface area contributed by atoms with Crippen molar-refractivity contribution in [2.75, 3.05) is 0 Å². The molecule has 2 nitrogen and oxygen atoms in total. The second-order valence-electron chi connectivity index (χ2n) is 1.97. The molecule has 0 fully saturated rings. The van der Waals surface area contributed by atoms with E-state index in [1.807, 2.05) is 6.92 Å². The molecule has 0 rings (SSSR count). The maximum absolute atomic E-state index is 10.1. The van der Waals surface area contributed by atoms with Gasteiger partial charge < -0.3 is 0 Å². The van der Waals surface area contributed by atoms with Gasteiger partial charge in [-0.3, -0.25) is 9.59 Å². The van der Waals surface area contributed by atoms with E-state index in [1.54, 1.807) is 24.3 Å². The number of carbonyl (C=O) groups excluding carboxylic acids is 2. The molecule has 0 aliphatic heterocycles. The predicted molar refractivity (Wildman–Crippen MR) is 55.7 cm³/mol. The number of rotatable bonds is 3. The minimum Gasteiger partial charge on any atom is -0.298 e. The summed E-state index contributed by atoms with van der Waals surface area (Å²) in [5.74, 6) is 0. The first-order chi connectivity index (χ1) is 6.08. The molecule has 0 spiro atoms. The lowest BCUT2D eigenvalue weighted by atomic mass is 10.2. The van der Waals surface area contributed by atoms with Gasteiger partial charge in [-0.05, 0) is 18.5 Å². The molecule has 0 amide bonds. The molecular formula is C10H13ClO2. The first kappa shape index (κ1) is 14.4. The molecule has 0 aromatic rings. The van der Waals surface area contributed by atoms with Crippen LogP contribution in [0.15, 0.2) is 36.5 Å². The SMILES string of the molecule is C=C/C=C\C(C=O)=C/C.CC(=O)Cl. The molecule has 72 valence electrons. The van der Waals surface area contributed by atoms with Crippen LogP contribution in [0.5, 0.6) is 0 Å². The van der Waals surface area contributed by atoms with E-state index in [9.17, 15) is 9.59 Å². The van der Waals surface area contributed by atoms with Crippen LogP contribution in [0.25, 0.3) is 0 Å². The Kier molecular flexibility index (Phi) is 12.0. The van der Waals surface area contributed by atoms with Crippen LogP contribution in [0, 0.1) is 0 Å². The van der Waals surface area contributed by atoms with Gasteiger partial charge in [0.05, 0.1) is 0 Å². The van der Waals surface area contributed by atoms with Crippen LogP contribution in [0.2, 0.25) is 0 Å². The van der Waals surface area contributed by atoms with Crippen molar-refractivity contribution in [3.8, 4) is 0 Å². The van der Waals surface area contributed by atoms with Crippen molar-refractivity contribution in [1.29, 1.82) is 0 Å². The average molecular weight is 201 g/mol. The average Bonchev–Trinajstić information content (AvgIpc) is 2.06. The smallest absolute Gasteiger partial charge is 0.218 e. The molecule has 0 aromatic heterocycles. The Labute approximate surface area is 83.6 Å². The maximum atomic E-state index is 10.1. The van der Waals surface area contributed by atoms with Crippen LogP contribution < -0.4 is 0 Å². The number of halogens is 1. The predicted octanol–water partition coefficient (Wildman–Crippen LogP) is 2.65. The molecule has 0 saturated heterocycles. The highest BCUT2D eigenvalue weighted by Crippen LogP contribution is 1.90. The third-order valence-corrected chi connectivity index (χ3v) is 0.894. The van der Waals surface area contributed by atoms with Gasteiger partial charge in [0.2, 0.25) is 5.24 Å². The zero-order chi connectivity index (χ0) is 10.7. The van der Waals surface area contributed by atoms with E-state index in [1.165, 1.54) is 6.92 Å². The Morgan fingerprint density at radius 3 is 2.15 bits per heavy atom. The Bertz CT molecular complexity index is 223. The van der Waals surface area contributed by atoms with Crippen LogP contribution in [0.4, 0.5) is 0 Å². The number of carbonyl (C=O) groups is 2. The number of hydrogen-bond acceptors (Lipinski definition) is 2. The summed E-state index contributed by atoms with van der Waals surface area (Å²) in [7, 11) is 0. The normalized spacial score (nSPS) is 10.2. The molecule has 0 N–H and O–H groups in total. The quantitative estimate of drug-likeness (QED) is 0.304. The highest BCUT2D eigenvalue weighted by atomic mass is 35.5. The van der Waals surface area contributed by atoms with Crippen molar-refractivity contribution in [3.05, 3.63) is 36.5 Å². The van der Waals surface area contributed by atoms with Crippen LogP contribution in [-0.4, -0.2) is 11.5 Å². The minimum atomic E-state index is -0.361. The topological polar surface area (TPSA) is 34.1 Å². The lowest BCUT2D eigenvalue weighted by Gasteiger charge is -1.81. The van der Waals surface area contributed by atoms with Gasteiger partial charge in [0.1, 0.15) is 6.29 Å².